The molecule has 3 aromatic carbocycles. The Balaban J connectivity index is 1.18. The first kappa shape index (κ1) is 34.8. The van der Waals surface area contributed by atoms with Crippen molar-refractivity contribution in [1.29, 1.82) is 0 Å². The van der Waals surface area contributed by atoms with Crippen LogP contribution >= 0.6 is 11.6 Å². The molecule has 0 fully saturated rings. The third-order valence-corrected chi connectivity index (χ3v) is 8.37. The number of aryl methyl sites for hydroxylation is 1. The van der Waals surface area contributed by atoms with Crippen LogP contribution in [0.5, 0.6) is 5.75 Å². The number of nitrogens with zero attached hydrogens (tertiary/aromatic N) is 4. The molecule has 0 saturated heterocycles. The minimum atomic E-state index is -1.55. The molecule has 1 aliphatic rings. The van der Waals surface area contributed by atoms with E-state index < -0.39 is 13.2 Å². The molecular weight excluding hydrogens is 631 g/mol. The first-order valence-corrected chi connectivity index (χ1v) is 16.7. The third kappa shape index (κ3) is 8.68. The van der Waals surface area contributed by atoms with Crippen LogP contribution in [-0.4, -0.2) is 69.2 Å². The van der Waals surface area contributed by atoms with E-state index in [1.54, 1.807) is 12.1 Å². The Morgan fingerprint density at radius 1 is 0.938 bits per heavy atom. The maximum absolute atomic E-state index is 12.7. The van der Waals surface area contributed by atoms with E-state index >= 15 is 0 Å². The van der Waals surface area contributed by atoms with Crippen molar-refractivity contribution in [2.75, 3.05) is 19.7 Å². The van der Waals surface area contributed by atoms with Crippen molar-refractivity contribution in [3.8, 4) is 11.4 Å². The van der Waals surface area contributed by atoms with Crippen molar-refractivity contribution in [1.82, 2.24) is 25.4 Å². The number of halogens is 1. The average Bonchev–Trinajstić information content (AvgIpc) is 3.40. The molecule has 48 heavy (non-hydrogen) atoms. The van der Waals surface area contributed by atoms with Gasteiger partial charge in [-0.3, -0.25) is 19.1 Å². The summed E-state index contributed by atoms with van der Waals surface area (Å²) in [5, 5.41) is 33.6. The molecule has 1 aliphatic heterocycles. The molecule has 1 atom stereocenters. The molecule has 2 amide bonds. The number of carbonyl (C=O) groups is 2. The van der Waals surface area contributed by atoms with Crippen LogP contribution in [0.1, 0.15) is 84.6 Å². The third-order valence-electron chi connectivity index (χ3n) is 8.11. The van der Waals surface area contributed by atoms with Gasteiger partial charge in [0.2, 0.25) is 5.91 Å². The van der Waals surface area contributed by atoms with Gasteiger partial charge in [0.15, 0.2) is 5.82 Å². The van der Waals surface area contributed by atoms with Crippen molar-refractivity contribution in [3.63, 3.8) is 0 Å². The van der Waals surface area contributed by atoms with Crippen molar-refractivity contribution in [3.05, 3.63) is 100 Å². The van der Waals surface area contributed by atoms with Gasteiger partial charge in [0.1, 0.15) is 17.6 Å². The Kier molecular flexibility index (Phi) is 12.0. The highest BCUT2D eigenvalue weighted by Gasteiger charge is 2.30. The molecule has 0 saturated carbocycles. The highest BCUT2D eigenvalue weighted by Crippen LogP contribution is 2.34. The van der Waals surface area contributed by atoms with E-state index in [0.29, 0.717) is 53.1 Å². The highest BCUT2D eigenvalue weighted by atomic mass is 35.5. The fraction of sp³-hybridized carbons (Fsp3) is 0.343. The standard InChI is InChI=1S/C35H40BClN6O5/c1-3-38-32(44)22-30-34-42-41-23(2)43(34)31-18-17-28(21-29(31)33(40-30)24-11-15-27(37)16-12-24)48-20-8-6-4-5-7-19-39-35(45)25-9-13-26(14-10-25)36(46)47/h9-18,21,30,46-47H,3-8,19-20,22H2,1-2H3,(H,38,44)(H,39,45)/t30-/m0/s1. The van der Waals surface area contributed by atoms with Gasteiger partial charge in [0, 0.05) is 34.8 Å². The largest absolute Gasteiger partial charge is 0.494 e. The number of amides is 2. The van der Waals surface area contributed by atoms with Crippen molar-refractivity contribution in [2.24, 2.45) is 4.99 Å². The summed E-state index contributed by atoms with van der Waals surface area (Å²) in [6.07, 6.45) is 4.87. The number of nitrogens with one attached hydrogen (secondary N) is 2. The van der Waals surface area contributed by atoms with Crippen molar-refractivity contribution in [2.45, 2.75) is 58.4 Å². The van der Waals surface area contributed by atoms with E-state index in [1.807, 2.05) is 60.9 Å². The molecule has 0 bridgehead atoms. The van der Waals surface area contributed by atoms with Crippen LogP contribution in [0.15, 0.2) is 71.7 Å². The molecule has 0 aliphatic carbocycles. The monoisotopic (exact) mass is 670 g/mol. The quantitative estimate of drug-likeness (QED) is 0.110. The maximum Gasteiger partial charge on any atom is 0.488 e. The molecule has 0 radical (unpaired) electrons. The lowest BCUT2D eigenvalue weighted by Crippen LogP contribution is -2.30. The topological polar surface area (TPSA) is 151 Å². The zero-order valence-corrected chi connectivity index (χ0v) is 27.9. The summed E-state index contributed by atoms with van der Waals surface area (Å²) in [7, 11) is -1.55. The smallest absolute Gasteiger partial charge is 0.488 e. The van der Waals surface area contributed by atoms with Gasteiger partial charge in [-0.2, -0.15) is 0 Å². The number of aromatic nitrogens is 3. The number of rotatable bonds is 15. The van der Waals surface area contributed by atoms with E-state index in [9.17, 15) is 19.6 Å². The molecule has 13 heteroatoms. The van der Waals surface area contributed by atoms with Crippen molar-refractivity contribution < 1.29 is 24.4 Å². The van der Waals surface area contributed by atoms with Crippen LogP contribution in [0, 0.1) is 6.92 Å². The van der Waals surface area contributed by atoms with Gasteiger partial charge in [0.05, 0.1) is 24.4 Å². The molecule has 250 valence electrons. The van der Waals surface area contributed by atoms with Gasteiger partial charge < -0.3 is 25.4 Å². The summed E-state index contributed by atoms with van der Waals surface area (Å²) >= 11 is 6.22. The lowest BCUT2D eigenvalue weighted by Gasteiger charge is -2.15. The molecule has 5 rings (SSSR count). The number of benzene rings is 3. The van der Waals surface area contributed by atoms with E-state index in [1.165, 1.54) is 12.1 Å². The second-order valence-electron chi connectivity index (χ2n) is 11.6. The number of ether oxygens (including phenoxy) is 1. The number of unbranched alkanes of at least 4 members (excludes halogenated alkanes) is 4. The van der Waals surface area contributed by atoms with Crippen LogP contribution in [0.3, 0.4) is 0 Å². The summed E-state index contributed by atoms with van der Waals surface area (Å²) in [4.78, 5) is 30.1. The van der Waals surface area contributed by atoms with Crippen LogP contribution in [0.25, 0.3) is 5.69 Å². The predicted octanol–water partition coefficient (Wildman–Crippen LogP) is 4.09. The van der Waals surface area contributed by atoms with Crippen LogP contribution < -0.4 is 20.8 Å². The van der Waals surface area contributed by atoms with E-state index in [4.69, 9.17) is 21.3 Å². The average molecular weight is 671 g/mol. The number of aliphatic imine (C=N–C) groups is 1. The molecular formula is C35H40BClN6O5. The van der Waals surface area contributed by atoms with E-state index in [2.05, 4.69) is 20.8 Å². The Morgan fingerprint density at radius 2 is 1.67 bits per heavy atom. The first-order chi connectivity index (χ1) is 23.2. The maximum atomic E-state index is 12.7. The summed E-state index contributed by atoms with van der Waals surface area (Å²) in [5.74, 6) is 1.73. The SMILES string of the molecule is CCNC(=O)C[C@@H]1N=C(c2ccc(Cl)cc2)c2cc(OCCCCCCCNC(=O)c3ccc(B(O)O)cc3)ccc2-n2c(C)nnc21. The minimum Gasteiger partial charge on any atom is -0.494 e. The fourth-order valence-corrected chi connectivity index (χ4v) is 5.77. The Hall–Kier alpha value is -4.52. The molecule has 1 aromatic heterocycles. The zero-order valence-electron chi connectivity index (χ0n) is 27.2. The van der Waals surface area contributed by atoms with Crippen LogP contribution in [0.2, 0.25) is 5.02 Å². The molecule has 0 spiro atoms. The normalized spacial score (nSPS) is 13.5. The van der Waals surface area contributed by atoms with Gasteiger partial charge in [-0.05, 0) is 74.6 Å². The van der Waals surface area contributed by atoms with Crippen LogP contribution in [-0.2, 0) is 4.79 Å². The van der Waals surface area contributed by atoms with Gasteiger partial charge in [-0.15, -0.1) is 10.2 Å². The second kappa shape index (κ2) is 16.5. The lowest BCUT2D eigenvalue weighted by atomic mass is 9.80. The molecule has 0 unspecified atom stereocenters. The zero-order chi connectivity index (χ0) is 34.0. The summed E-state index contributed by atoms with van der Waals surface area (Å²) < 4.78 is 8.17. The predicted molar refractivity (Wildman–Crippen MR) is 186 cm³/mol. The van der Waals surface area contributed by atoms with E-state index in [0.717, 1.165) is 54.6 Å². The fourth-order valence-electron chi connectivity index (χ4n) is 5.64. The highest BCUT2D eigenvalue weighted by molar-refractivity contribution is 6.58. The Bertz CT molecular complexity index is 1740. The van der Waals surface area contributed by atoms with Gasteiger partial charge in [-0.1, -0.05) is 55.1 Å². The van der Waals surface area contributed by atoms with Gasteiger partial charge in [0.25, 0.3) is 5.91 Å². The number of fused-ring (bicyclic) bond motifs is 3. The summed E-state index contributed by atoms with van der Waals surface area (Å²) in [6, 6.07) is 19.1. The molecule has 11 nitrogen and oxygen atoms in total. The summed E-state index contributed by atoms with van der Waals surface area (Å²) in [5.41, 5.74) is 4.13. The van der Waals surface area contributed by atoms with Crippen LogP contribution in [0.4, 0.5) is 0 Å². The number of carbonyl (C=O) groups excluding carboxylic acids is 2. The lowest BCUT2D eigenvalue weighted by molar-refractivity contribution is -0.121. The first-order valence-electron chi connectivity index (χ1n) is 16.3. The number of hydrogen-bond acceptors (Lipinski definition) is 8. The summed E-state index contributed by atoms with van der Waals surface area (Å²) in [6.45, 7) is 5.43. The Labute approximate surface area is 285 Å². The van der Waals surface area contributed by atoms with Gasteiger partial charge >= 0.3 is 7.12 Å². The molecule has 4 N–H and O–H groups in total. The Morgan fingerprint density at radius 3 is 2.40 bits per heavy atom. The minimum absolute atomic E-state index is 0.110. The molecule has 2 heterocycles. The van der Waals surface area contributed by atoms with E-state index in [-0.39, 0.29) is 18.2 Å². The molecule has 4 aromatic rings. The van der Waals surface area contributed by atoms with Gasteiger partial charge in [-0.25, -0.2) is 0 Å². The number of hydrogen-bond donors (Lipinski definition) is 4. The van der Waals surface area contributed by atoms with Crippen molar-refractivity contribution >= 4 is 41.7 Å². The second-order valence-corrected chi connectivity index (χ2v) is 12.1.